The van der Waals surface area contributed by atoms with Crippen LogP contribution < -0.4 is 5.32 Å². The third-order valence-electron chi connectivity index (χ3n) is 5.07. The SMILES string of the molecule is CCN(CC)C(=O)C1CCCN(C(=O)NC2CCCCC2)C1. The zero-order valence-electron chi connectivity index (χ0n) is 14.1. The van der Waals surface area contributed by atoms with E-state index in [0.29, 0.717) is 12.6 Å². The van der Waals surface area contributed by atoms with E-state index in [4.69, 9.17) is 0 Å². The number of nitrogens with zero attached hydrogens (tertiary/aromatic N) is 2. The first-order valence-electron chi connectivity index (χ1n) is 8.99. The van der Waals surface area contributed by atoms with Gasteiger partial charge in [-0.1, -0.05) is 19.3 Å². The lowest BCUT2D eigenvalue weighted by molar-refractivity contribution is -0.136. The van der Waals surface area contributed by atoms with Gasteiger partial charge in [-0.05, 0) is 39.5 Å². The molecule has 1 aliphatic carbocycles. The smallest absolute Gasteiger partial charge is 0.317 e. The van der Waals surface area contributed by atoms with E-state index in [0.717, 1.165) is 45.3 Å². The van der Waals surface area contributed by atoms with Crippen molar-refractivity contribution in [1.29, 1.82) is 0 Å². The minimum atomic E-state index is -0.0224. The van der Waals surface area contributed by atoms with Gasteiger partial charge in [0, 0.05) is 32.2 Å². The Bertz CT molecular complexity index is 376. The second-order valence-corrected chi connectivity index (χ2v) is 6.58. The van der Waals surface area contributed by atoms with Crippen LogP contribution in [0, 0.1) is 5.92 Å². The fraction of sp³-hybridized carbons (Fsp3) is 0.882. The molecule has 1 aliphatic heterocycles. The molecule has 1 atom stereocenters. The molecule has 0 spiro atoms. The summed E-state index contributed by atoms with van der Waals surface area (Å²) < 4.78 is 0. The van der Waals surface area contributed by atoms with Crippen molar-refractivity contribution in [3.8, 4) is 0 Å². The third kappa shape index (κ3) is 4.37. The lowest BCUT2D eigenvalue weighted by atomic mass is 9.95. The van der Waals surface area contributed by atoms with E-state index in [1.165, 1.54) is 19.3 Å². The molecule has 1 N–H and O–H groups in total. The lowest BCUT2D eigenvalue weighted by Gasteiger charge is -2.35. The summed E-state index contributed by atoms with van der Waals surface area (Å²) in [4.78, 5) is 28.7. The maximum atomic E-state index is 12.5. The van der Waals surface area contributed by atoms with E-state index < -0.39 is 0 Å². The largest absolute Gasteiger partial charge is 0.343 e. The number of likely N-dealkylation sites (tertiary alicyclic amines) is 1. The molecule has 0 aromatic rings. The molecule has 22 heavy (non-hydrogen) atoms. The van der Waals surface area contributed by atoms with Crippen LogP contribution in [0.1, 0.15) is 58.8 Å². The van der Waals surface area contributed by atoms with Crippen molar-refractivity contribution in [2.75, 3.05) is 26.2 Å². The average molecular weight is 309 g/mol. The molecule has 2 fully saturated rings. The Kier molecular flexibility index (Phi) is 6.52. The lowest BCUT2D eigenvalue weighted by Crippen LogP contribution is -2.51. The van der Waals surface area contributed by atoms with E-state index in [1.54, 1.807) is 0 Å². The third-order valence-corrected chi connectivity index (χ3v) is 5.07. The summed E-state index contributed by atoms with van der Waals surface area (Å²) in [6, 6.07) is 0.365. The van der Waals surface area contributed by atoms with Crippen LogP contribution in [0.3, 0.4) is 0 Å². The summed E-state index contributed by atoms with van der Waals surface area (Å²) in [6.07, 6.45) is 7.75. The molecule has 0 bridgehead atoms. The summed E-state index contributed by atoms with van der Waals surface area (Å²) in [6.45, 7) is 6.88. The van der Waals surface area contributed by atoms with Crippen LogP contribution in [0.25, 0.3) is 0 Å². The van der Waals surface area contributed by atoms with Crippen molar-refractivity contribution in [2.45, 2.75) is 64.8 Å². The quantitative estimate of drug-likeness (QED) is 0.868. The zero-order chi connectivity index (χ0) is 15.9. The fourth-order valence-electron chi connectivity index (χ4n) is 3.67. The molecule has 0 aromatic carbocycles. The van der Waals surface area contributed by atoms with Gasteiger partial charge in [0.15, 0.2) is 0 Å². The molecule has 1 saturated heterocycles. The monoisotopic (exact) mass is 309 g/mol. The van der Waals surface area contributed by atoms with Crippen molar-refractivity contribution in [1.82, 2.24) is 15.1 Å². The number of urea groups is 1. The van der Waals surface area contributed by atoms with E-state index in [9.17, 15) is 9.59 Å². The predicted molar refractivity (Wildman–Crippen MR) is 87.6 cm³/mol. The first-order chi connectivity index (χ1) is 10.7. The Balaban J connectivity index is 1.86. The maximum absolute atomic E-state index is 12.5. The molecule has 5 nitrogen and oxygen atoms in total. The number of hydrogen-bond donors (Lipinski definition) is 1. The van der Waals surface area contributed by atoms with E-state index in [1.807, 2.05) is 23.6 Å². The minimum Gasteiger partial charge on any atom is -0.343 e. The van der Waals surface area contributed by atoms with Gasteiger partial charge < -0.3 is 15.1 Å². The molecule has 3 amide bonds. The van der Waals surface area contributed by atoms with Gasteiger partial charge in [-0.15, -0.1) is 0 Å². The average Bonchev–Trinajstić information content (AvgIpc) is 2.57. The van der Waals surface area contributed by atoms with Crippen LogP contribution in [0.5, 0.6) is 0 Å². The van der Waals surface area contributed by atoms with Gasteiger partial charge in [0.25, 0.3) is 0 Å². The summed E-state index contributed by atoms with van der Waals surface area (Å²) in [5.74, 6) is 0.186. The normalized spacial score (nSPS) is 23.2. The Labute approximate surface area is 134 Å². The molecule has 0 radical (unpaired) electrons. The molecule has 2 aliphatic rings. The van der Waals surface area contributed by atoms with Crippen molar-refractivity contribution in [3.63, 3.8) is 0 Å². The molecule has 1 heterocycles. The van der Waals surface area contributed by atoms with Crippen LogP contribution >= 0.6 is 0 Å². The molecule has 1 saturated carbocycles. The van der Waals surface area contributed by atoms with Crippen LogP contribution in [0.4, 0.5) is 4.79 Å². The number of piperidine rings is 1. The number of carbonyl (C=O) groups excluding carboxylic acids is 2. The molecule has 2 rings (SSSR count). The first kappa shape index (κ1) is 17.1. The standard InChI is InChI=1S/C17H31N3O2/c1-3-19(4-2)16(21)14-9-8-12-20(13-14)17(22)18-15-10-6-5-7-11-15/h14-15H,3-13H2,1-2H3,(H,18,22). The number of nitrogens with one attached hydrogen (secondary N) is 1. The van der Waals surface area contributed by atoms with Crippen molar-refractivity contribution < 1.29 is 9.59 Å². The van der Waals surface area contributed by atoms with Crippen LogP contribution in [-0.2, 0) is 4.79 Å². The highest BCUT2D eigenvalue weighted by molar-refractivity contribution is 5.81. The van der Waals surface area contributed by atoms with Crippen LogP contribution in [-0.4, -0.2) is 54.0 Å². The number of amides is 3. The van der Waals surface area contributed by atoms with Gasteiger partial charge in [-0.25, -0.2) is 4.79 Å². The molecular weight excluding hydrogens is 278 g/mol. The second-order valence-electron chi connectivity index (χ2n) is 6.58. The van der Waals surface area contributed by atoms with Gasteiger partial charge in [-0.2, -0.15) is 0 Å². The van der Waals surface area contributed by atoms with Crippen LogP contribution in [0.2, 0.25) is 0 Å². The zero-order valence-corrected chi connectivity index (χ0v) is 14.1. The summed E-state index contributed by atoms with van der Waals surface area (Å²) in [7, 11) is 0. The second kappa shape index (κ2) is 8.39. The predicted octanol–water partition coefficient (Wildman–Crippen LogP) is 2.61. The van der Waals surface area contributed by atoms with E-state index in [-0.39, 0.29) is 17.9 Å². The van der Waals surface area contributed by atoms with Gasteiger partial charge in [0.2, 0.25) is 5.91 Å². The van der Waals surface area contributed by atoms with Gasteiger partial charge in [-0.3, -0.25) is 4.79 Å². The number of rotatable bonds is 4. The van der Waals surface area contributed by atoms with Crippen molar-refractivity contribution in [3.05, 3.63) is 0 Å². The van der Waals surface area contributed by atoms with Gasteiger partial charge in [0.1, 0.15) is 0 Å². The summed E-state index contributed by atoms with van der Waals surface area (Å²) in [5.41, 5.74) is 0. The highest BCUT2D eigenvalue weighted by Gasteiger charge is 2.31. The molecular formula is C17H31N3O2. The highest BCUT2D eigenvalue weighted by atomic mass is 16.2. The fourth-order valence-corrected chi connectivity index (χ4v) is 3.67. The minimum absolute atomic E-state index is 0.0224. The summed E-state index contributed by atoms with van der Waals surface area (Å²) in [5, 5.41) is 3.17. The maximum Gasteiger partial charge on any atom is 0.317 e. The van der Waals surface area contributed by atoms with Crippen molar-refractivity contribution >= 4 is 11.9 Å². The van der Waals surface area contributed by atoms with E-state index >= 15 is 0 Å². The Morgan fingerprint density at radius 3 is 2.36 bits per heavy atom. The van der Waals surface area contributed by atoms with Crippen molar-refractivity contribution in [2.24, 2.45) is 5.92 Å². The first-order valence-corrected chi connectivity index (χ1v) is 8.99. The molecule has 1 unspecified atom stereocenters. The molecule has 126 valence electrons. The molecule has 0 aromatic heterocycles. The van der Waals surface area contributed by atoms with E-state index in [2.05, 4.69) is 5.32 Å². The van der Waals surface area contributed by atoms with Gasteiger partial charge in [0.05, 0.1) is 5.92 Å². The Hall–Kier alpha value is -1.26. The van der Waals surface area contributed by atoms with Crippen LogP contribution in [0.15, 0.2) is 0 Å². The molecule has 5 heteroatoms. The Morgan fingerprint density at radius 1 is 1.05 bits per heavy atom. The number of hydrogen-bond acceptors (Lipinski definition) is 2. The Morgan fingerprint density at radius 2 is 1.73 bits per heavy atom. The van der Waals surface area contributed by atoms with Gasteiger partial charge >= 0.3 is 6.03 Å². The number of carbonyl (C=O) groups is 2. The summed E-state index contributed by atoms with van der Waals surface area (Å²) >= 11 is 0. The highest BCUT2D eigenvalue weighted by Crippen LogP contribution is 2.21. The topological polar surface area (TPSA) is 52.7 Å².